The minimum Gasteiger partial charge on any atom is -0.601 e. The van der Waals surface area contributed by atoms with E-state index in [9.17, 15) is 24.7 Å². The first kappa shape index (κ1) is 34.8. The Hall–Kier alpha value is -2.51. The highest BCUT2D eigenvalue weighted by Crippen LogP contribution is 2.56. The molecular weight excluding hydrogens is 637 g/mol. The quantitative estimate of drug-likeness (QED) is 0.142. The number of aliphatic hydroxyl groups is 2. The molecule has 0 bridgehead atoms. The fourth-order valence-corrected chi connectivity index (χ4v) is 7.37. The first-order valence-electron chi connectivity index (χ1n) is 15.6. The lowest BCUT2D eigenvalue weighted by Gasteiger charge is -2.36. The van der Waals surface area contributed by atoms with Crippen molar-refractivity contribution in [3.63, 3.8) is 0 Å². The highest BCUT2D eigenvalue weighted by molar-refractivity contribution is 7.44. The number of amidine groups is 1. The molecule has 3 heterocycles. The Kier molecular flexibility index (Phi) is 10.8. The topological polar surface area (TPSA) is 159 Å². The van der Waals surface area contributed by atoms with Crippen LogP contribution in [-0.4, -0.2) is 82.4 Å². The van der Waals surface area contributed by atoms with Crippen LogP contribution in [0, 0.1) is 17.8 Å². The van der Waals surface area contributed by atoms with Gasteiger partial charge in [0.1, 0.15) is 37.0 Å². The third-order valence-corrected chi connectivity index (χ3v) is 10.3. The average molecular weight is 679 g/mol. The van der Waals surface area contributed by atoms with Crippen LogP contribution in [0.3, 0.4) is 0 Å². The Morgan fingerprint density at radius 1 is 1.39 bits per heavy atom. The summed E-state index contributed by atoms with van der Waals surface area (Å²) in [5.74, 6) is 2.17. The molecule has 4 aliphatic rings. The molecule has 1 aliphatic carbocycles. The minimum absolute atomic E-state index is 0.00786. The first-order valence-corrected chi connectivity index (χ1v) is 17.2. The van der Waals surface area contributed by atoms with E-state index in [1.807, 2.05) is 0 Å². The normalized spacial score (nSPS) is 34.0. The van der Waals surface area contributed by atoms with E-state index in [2.05, 4.69) is 37.7 Å². The number of amides is 3. The first-order chi connectivity index (χ1) is 21.8. The number of urea groups is 1. The molecule has 0 aromatic heterocycles. The summed E-state index contributed by atoms with van der Waals surface area (Å²) >= 11 is 5.95. The van der Waals surface area contributed by atoms with Crippen LogP contribution in [0.25, 0.3) is 0 Å². The van der Waals surface area contributed by atoms with Crippen LogP contribution in [-0.2, 0) is 18.7 Å². The number of carbonyl (C=O) groups excluding carboxylic acids is 2. The average Bonchev–Trinajstić information content (AvgIpc) is 3.58. The second-order valence-corrected chi connectivity index (χ2v) is 14.3. The summed E-state index contributed by atoms with van der Waals surface area (Å²) in [4.78, 5) is 42.2. The summed E-state index contributed by atoms with van der Waals surface area (Å²) in [6.07, 6.45) is 2.35. The second-order valence-electron chi connectivity index (χ2n) is 12.8. The summed E-state index contributed by atoms with van der Waals surface area (Å²) < 4.78 is 22.2. The standard InChI is InChI=1S/C32H41ClN3O9P/c1-19(2)24-9-8-20(3)14-26(24)44-31(40)35-28-10-12-36(30(39)34-28)17-32(36)21(4)29(38)27(45-32)16-42-18-46(41)43-13-11-25(37)22-6-5-7-23(33)15-22/h5-7,10,12,15,18-20,24-27,29,37-38H,4,8-9,11,13-14,16-17H2,1-3H3/p+1/t20-,24+,25+,26-,27-,29+,32+,36?/m1/s1. The van der Waals surface area contributed by atoms with E-state index in [1.165, 1.54) is 6.08 Å². The molecular formula is C32H42ClN3O9P+. The number of hydrogen-bond acceptors (Lipinski definition) is 9. The second kappa shape index (κ2) is 14.3. The molecule has 9 atom stereocenters. The maximum absolute atomic E-state index is 13.3. The smallest absolute Gasteiger partial charge is 0.435 e. The van der Waals surface area contributed by atoms with Crippen molar-refractivity contribution in [1.82, 2.24) is 5.32 Å². The van der Waals surface area contributed by atoms with Gasteiger partial charge in [-0.2, -0.15) is 14.0 Å². The van der Waals surface area contributed by atoms with Gasteiger partial charge in [-0.05, 0) is 48.3 Å². The lowest BCUT2D eigenvalue weighted by atomic mass is 9.75. The van der Waals surface area contributed by atoms with Crippen molar-refractivity contribution >= 4 is 43.5 Å². The molecule has 5 rings (SSSR count). The summed E-state index contributed by atoms with van der Waals surface area (Å²) in [6.45, 7) is 10.4. The molecule has 3 N–H and O–H groups in total. The molecule has 0 radical (unpaired) electrons. The number of benzene rings is 1. The Balaban J connectivity index is 1.12. The molecule has 1 saturated carbocycles. The fraction of sp³-hybridized carbons (Fsp3) is 0.562. The number of aliphatic imine (C=N–C) groups is 1. The predicted molar refractivity (Wildman–Crippen MR) is 171 cm³/mol. The zero-order chi connectivity index (χ0) is 33.2. The van der Waals surface area contributed by atoms with Crippen LogP contribution in [0.5, 0.6) is 0 Å². The largest absolute Gasteiger partial charge is 0.601 e. The maximum Gasteiger partial charge on any atom is 0.435 e. The zero-order valence-corrected chi connectivity index (χ0v) is 27.9. The third-order valence-electron chi connectivity index (χ3n) is 9.34. The van der Waals surface area contributed by atoms with E-state index in [-0.39, 0.29) is 48.5 Å². The van der Waals surface area contributed by atoms with Crippen molar-refractivity contribution in [1.29, 1.82) is 0 Å². The van der Waals surface area contributed by atoms with Gasteiger partial charge in [0.05, 0.1) is 18.3 Å². The van der Waals surface area contributed by atoms with E-state index >= 15 is 0 Å². The molecule has 12 nitrogen and oxygen atoms in total. The van der Waals surface area contributed by atoms with Crippen LogP contribution < -0.4 is 10.2 Å². The van der Waals surface area contributed by atoms with Crippen LogP contribution in [0.15, 0.2) is 53.7 Å². The molecule has 3 amide bonds. The maximum atomic E-state index is 13.3. The van der Waals surface area contributed by atoms with Gasteiger partial charge in [-0.15, -0.1) is 0 Å². The van der Waals surface area contributed by atoms with Crippen molar-refractivity contribution in [2.24, 2.45) is 22.7 Å². The number of nitrogens with zero attached hydrogens (tertiary/aromatic N) is 2. The summed E-state index contributed by atoms with van der Waals surface area (Å²) in [5.41, 5.74) is -0.277. The molecule has 2 unspecified atom stereocenters. The lowest BCUT2D eigenvalue weighted by Crippen LogP contribution is -2.50. The number of fused-ring (bicyclic) bond motifs is 1. The van der Waals surface area contributed by atoms with E-state index in [0.29, 0.717) is 28.0 Å². The lowest BCUT2D eigenvalue weighted by molar-refractivity contribution is -0.705. The highest BCUT2D eigenvalue weighted by Gasteiger charge is 2.82. The predicted octanol–water partition coefficient (Wildman–Crippen LogP) is 4.30. The molecule has 2 spiro atoms. The number of nitrogens with one attached hydrogen (secondary N) is 1. The van der Waals surface area contributed by atoms with E-state index < -0.39 is 44.2 Å². The Morgan fingerprint density at radius 3 is 2.89 bits per heavy atom. The molecule has 250 valence electrons. The van der Waals surface area contributed by atoms with Crippen molar-refractivity contribution in [3.8, 4) is 0 Å². The van der Waals surface area contributed by atoms with Crippen LogP contribution in [0.1, 0.15) is 58.1 Å². The molecule has 1 aromatic rings. The zero-order valence-electron chi connectivity index (χ0n) is 26.2. The number of aliphatic hydroxyl groups excluding tert-OH is 2. The van der Waals surface area contributed by atoms with Gasteiger partial charge in [0, 0.05) is 17.5 Å². The summed E-state index contributed by atoms with van der Waals surface area (Å²) in [5, 5.41) is 24.2. The van der Waals surface area contributed by atoms with Crippen molar-refractivity contribution in [2.75, 3.05) is 19.8 Å². The number of halogens is 1. The van der Waals surface area contributed by atoms with Gasteiger partial charge in [-0.1, -0.05) is 57.5 Å². The van der Waals surface area contributed by atoms with Crippen LogP contribution in [0.2, 0.25) is 5.02 Å². The number of carbonyl (C=O) groups is 2. The number of rotatable bonds is 10. The molecule has 1 aromatic carbocycles. The molecule has 3 aliphatic heterocycles. The Morgan fingerprint density at radius 2 is 2.17 bits per heavy atom. The Labute approximate surface area is 274 Å². The van der Waals surface area contributed by atoms with Gasteiger partial charge in [0.15, 0.2) is 6.54 Å². The number of quaternary nitrogens is 1. The van der Waals surface area contributed by atoms with E-state index in [4.69, 9.17) is 30.3 Å². The number of hydrogen-bond donors (Lipinski definition) is 3. The van der Waals surface area contributed by atoms with E-state index in [0.717, 1.165) is 25.2 Å². The SMILES string of the molecule is C=C1[C@H](O)[C@@H](COC=[P+]([O-])OCC[C@H](O)c2cccc(Cl)c2)O[C@@]12C[N+]21C=CC(=NC(=O)O[C@@H]2C[C@H](C)CC[C@H]2C(C)C)NC1=O. The van der Waals surface area contributed by atoms with Gasteiger partial charge in [-0.3, -0.25) is 5.32 Å². The Bertz CT molecular complexity index is 1440. The molecule has 2 saturated heterocycles. The van der Waals surface area contributed by atoms with Gasteiger partial charge in [0.25, 0.3) is 5.72 Å². The summed E-state index contributed by atoms with van der Waals surface area (Å²) in [7, 11) is -2.32. The van der Waals surface area contributed by atoms with Crippen molar-refractivity contribution < 1.29 is 47.9 Å². The molecule has 3 fully saturated rings. The number of ether oxygens (including phenoxy) is 3. The third kappa shape index (κ3) is 7.31. The van der Waals surface area contributed by atoms with Gasteiger partial charge >= 0.3 is 12.1 Å². The molecule has 14 heteroatoms. The van der Waals surface area contributed by atoms with Gasteiger partial charge < -0.3 is 29.3 Å². The summed E-state index contributed by atoms with van der Waals surface area (Å²) in [6, 6.07) is 6.32. The van der Waals surface area contributed by atoms with Crippen LogP contribution >= 0.6 is 19.6 Å². The van der Waals surface area contributed by atoms with Crippen LogP contribution in [0.4, 0.5) is 9.59 Å². The van der Waals surface area contributed by atoms with Crippen molar-refractivity contribution in [2.45, 2.75) is 76.6 Å². The minimum atomic E-state index is -2.32. The molecule has 46 heavy (non-hydrogen) atoms. The van der Waals surface area contributed by atoms with Gasteiger partial charge in [-0.25, -0.2) is 9.59 Å². The van der Waals surface area contributed by atoms with E-state index in [1.54, 1.807) is 30.5 Å². The van der Waals surface area contributed by atoms with Gasteiger partial charge in [0.2, 0.25) is 14.0 Å². The highest BCUT2D eigenvalue weighted by atomic mass is 35.5. The monoisotopic (exact) mass is 678 g/mol. The fourth-order valence-electron chi connectivity index (χ4n) is 6.62. The van der Waals surface area contributed by atoms with Crippen molar-refractivity contribution in [3.05, 3.63) is 59.3 Å².